The van der Waals surface area contributed by atoms with E-state index in [1.54, 1.807) is 0 Å². The van der Waals surface area contributed by atoms with Gasteiger partial charge in [0.15, 0.2) is 0 Å². The normalized spacial score (nSPS) is 39.5. The number of aliphatic hydroxyl groups is 1. The van der Waals surface area contributed by atoms with Gasteiger partial charge in [0.05, 0.1) is 12.7 Å². The number of fused-ring (bicyclic) bond motifs is 5. The Balaban J connectivity index is 1.46. The Labute approximate surface area is 228 Å². The van der Waals surface area contributed by atoms with E-state index in [9.17, 15) is 19.5 Å². The van der Waals surface area contributed by atoms with Crippen LogP contribution >= 0.6 is 0 Å². The molecule has 38 heavy (non-hydrogen) atoms. The molecule has 4 aliphatic rings. The molecule has 0 spiro atoms. The smallest absolute Gasteiger partial charge is 0.306 e. The van der Waals surface area contributed by atoms with Gasteiger partial charge >= 0.3 is 17.9 Å². The Morgan fingerprint density at radius 3 is 2.45 bits per heavy atom. The van der Waals surface area contributed by atoms with Crippen LogP contribution < -0.4 is 0 Å². The highest BCUT2D eigenvalue weighted by atomic mass is 16.5. The summed E-state index contributed by atoms with van der Waals surface area (Å²) in [5, 5.41) is 10.9. The van der Waals surface area contributed by atoms with Crippen LogP contribution in [0.2, 0.25) is 0 Å². The standard InChI is InChI=1S/C31H48O7/c1-18(17-36-20(3)33)7-10-28(35)38-27-16-26-24-9-8-22-15-23(37-21(4)34)11-13-30(22,5)25(24)12-14-31(26,6)29(27)19(2)32/h8,18-19,23-27,29,32H,7,9-17H2,1-6H3/t18-,19+,23+,24-,25+,26+,27+,29+,30+,31+/m1/s1. The van der Waals surface area contributed by atoms with E-state index < -0.39 is 6.10 Å². The summed E-state index contributed by atoms with van der Waals surface area (Å²) in [6.45, 7) is 11.7. The number of allylic oxidation sites excluding steroid dienone is 1. The minimum Gasteiger partial charge on any atom is -0.466 e. The highest BCUT2D eigenvalue weighted by Gasteiger charge is 2.62. The van der Waals surface area contributed by atoms with Gasteiger partial charge < -0.3 is 19.3 Å². The number of ether oxygens (including phenoxy) is 3. The maximum atomic E-state index is 12.9. The lowest BCUT2D eigenvalue weighted by molar-refractivity contribution is -0.155. The first-order valence-corrected chi connectivity index (χ1v) is 14.7. The molecule has 7 nitrogen and oxygen atoms in total. The summed E-state index contributed by atoms with van der Waals surface area (Å²) in [4.78, 5) is 35.5. The predicted octanol–water partition coefficient (Wildman–Crippen LogP) is 5.38. The van der Waals surface area contributed by atoms with Gasteiger partial charge in [-0.25, -0.2) is 0 Å². The molecule has 0 aromatic rings. The molecular weight excluding hydrogens is 484 g/mol. The second-order valence-corrected chi connectivity index (χ2v) is 13.3. The van der Waals surface area contributed by atoms with E-state index in [0.717, 1.165) is 44.9 Å². The van der Waals surface area contributed by atoms with Crippen molar-refractivity contribution >= 4 is 17.9 Å². The zero-order valence-electron chi connectivity index (χ0n) is 24.2. The number of esters is 3. The first-order chi connectivity index (χ1) is 17.8. The van der Waals surface area contributed by atoms with Gasteiger partial charge in [-0.15, -0.1) is 0 Å². The van der Waals surface area contributed by atoms with Gasteiger partial charge in [0.1, 0.15) is 12.2 Å². The van der Waals surface area contributed by atoms with Crippen molar-refractivity contribution in [2.75, 3.05) is 6.61 Å². The second-order valence-electron chi connectivity index (χ2n) is 13.3. The van der Waals surface area contributed by atoms with Crippen molar-refractivity contribution in [1.29, 1.82) is 0 Å². The van der Waals surface area contributed by atoms with E-state index >= 15 is 0 Å². The van der Waals surface area contributed by atoms with Crippen LogP contribution in [0.15, 0.2) is 11.6 Å². The van der Waals surface area contributed by atoms with E-state index in [2.05, 4.69) is 19.9 Å². The first-order valence-electron chi connectivity index (χ1n) is 14.7. The Bertz CT molecular complexity index is 941. The third kappa shape index (κ3) is 5.68. The molecule has 0 heterocycles. The zero-order chi connectivity index (χ0) is 27.8. The highest BCUT2D eigenvalue weighted by molar-refractivity contribution is 5.69. The molecule has 214 valence electrons. The van der Waals surface area contributed by atoms with Gasteiger partial charge in [-0.2, -0.15) is 0 Å². The Morgan fingerprint density at radius 2 is 1.79 bits per heavy atom. The summed E-state index contributed by atoms with van der Waals surface area (Å²) >= 11 is 0. The van der Waals surface area contributed by atoms with E-state index in [-0.39, 0.29) is 59.2 Å². The molecule has 0 saturated heterocycles. The van der Waals surface area contributed by atoms with Crippen LogP contribution in [0.3, 0.4) is 0 Å². The van der Waals surface area contributed by atoms with E-state index in [1.165, 1.54) is 19.4 Å². The predicted molar refractivity (Wildman–Crippen MR) is 143 cm³/mol. The molecule has 3 fully saturated rings. The van der Waals surface area contributed by atoms with E-state index in [4.69, 9.17) is 14.2 Å². The molecule has 0 bridgehead atoms. The van der Waals surface area contributed by atoms with Gasteiger partial charge in [0, 0.05) is 32.6 Å². The molecule has 0 aromatic carbocycles. The Morgan fingerprint density at radius 1 is 1.05 bits per heavy atom. The molecule has 0 radical (unpaired) electrons. The average molecular weight is 533 g/mol. The molecule has 4 rings (SSSR count). The van der Waals surface area contributed by atoms with Gasteiger partial charge in [-0.3, -0.25) is 14.4 Å². The molecule has 7 heteroatoms. The fourth-order valence-electron chi connectivity index (χ4n) is 8.91. The first kappa shape index (κ1) is 29.1. The number of rotatable bonds is 8. The summed E-state index contributed by atoms with van der Waals surface area (Å²) in [5.41, 5.74) is 1.50. The molecule has 10 atom stereocenters. The molecular formula is C31H48O7. The van der Waals surface area contributed by atoms with Crippen molar-refractivity contribution in [3.05, 3.63) is 11.6 Å². The van der Waals surface area contributed by atoms with Crippen LogP contribution in [0, 0.1) is 40.4 Å². The average Bonchev–Trinajstić information content (AvgIpc) is 3.13. The van der Waals surface area contributed by atoms with Crippen LogP contribution in [-0.4, -0.2) is 47.9 Å². The zero-order valence-corrected chi connectivity index (χ0v) is 24.2. The maximum absolute atomic E-state index is 12.9. The summed E-state index contributed by atoms with van der Waals surface area (Å²) in [7, 11) is 0. The maximum Gasteiger partial charge on any atom is 0.306 e. The lowest BCUT2D eigenvalue weighted by Crippen LogP contribution is -2.51. The van der Waals surface area contributed by atoms with Crippen LogP contribution in [0.4, 0.5) is 0 Å². The minimum absolute atomic E-state index is 0.0103. The third-order valence-corrected chi connectivity index (χ3v) is 10.7. The van der Waals surface area contributed by atoms with Crippen molar-refractivity contribution in [3.63, 3.8) is 0 Å². The molecule has 4 aliphatic carbocycles. The topological polar surface area (TPSA) is 99.1 Å². The molecule has 0 aliphatic heterocycles. The number of carbonyl (C=O) groups is 3. The van der Waals surface area contributed by atoms with Crippen molar-refractivity contribution < 1.29 is 33.7 Å². The van der Waals surface area contributed by atoms with Gasteiger partial charge in [0.25, 0.3) is 0 Å². The van der Waals surface area contributed by atoms with Gasteiger partial charge in [-0.05, 0) is 86.4 Å². The molecule has 0 amide bonds. The molecule has 1 N–H and O–H groups in total. The van der Waals surface area contributed by atoms with Crippen LogP contribution in [0.1, 0.15) is 99.3 Å². The van der Waals surface area contributed by atoms with Crippen molar-refractivity contribution in [2.24, 2.45) is 40.4 Å². The summed E-state index contributed by atoms with van der Waals surface area (Å²) in [5.74, 6) is 0.730. The quantitative estimate of drug-likeness (QED) is 0.255. The Kier molecular flexibility index (Phi) is 8.66. The molecule has 0 aromatic heterocycles. The van der Waals surface area contributed by atoms with Crippen molar-refractivity contribution in [2.45, 2.75) is 118 Å². The Hall–Kier alpha value is -1.89. The SMILES string of the molecule is CC(=O)OC[C@H](C)CCC(=O)O[C@H]1C[C@H]2[C@@H]3CC=C4C[C@@H](OC(C)=O)CC[C@]4(C)[C@H]3CC[C@]2(C)[C@H]1[C@H](C)O. The summed E-state index contributed by atoms with van der Waals surface area (Å²) in [6.07, 6.45) is 9.19. The van der Waals surface area contributed by atoms with Gasteiger partial charge in [0.2, 0.25) is 0 Å². The number of aliphatic hydroxyl groups excluding tert-OH is 1. The van der Waals surface area contributed by atoms with Crippen LogP contribution in [-0.2, 0) is 28.6 Å². The van der Waals surface area contributed by atoms with E-state index in [1.807, 2.05) is 13.8 Å². The second kappa shape index (κ2) is 11.3. The summed E-state index contributed by atoms with van der Waals surface area (Å²) in [6, 6.07) is 0. The highest BCUT2D eigenvalue weighted by Crippen LogP contribution is 2.67. The van der Waals surface area contributed by atoms with Crippen molar-refractivity contribution in [1.82, 2.24) is 0 Å². The fourth-order valence-corrected chi connectivity index (χ4v) is 8.91. The van der Waals surface area contributed by atoms with Gasteiger partial charge in [-0.1, -0.05) is 32.4 Å². The number of hydrogen-bond acceptors (Lipinski definition) is 7. The lowest BCUT2D eigenvalue weighted by atomic mass is 9.47. The van der Waals surface area contributed by atoms with Crippen LogP contribution in [0.5, 0.6) is 0 Å². The monoisotopic (exact) mass is 532 g/mol. The molecule has 3 saturated carbocycles. The van der Waals surface area contributed by atoms with E-state index in [0.29, 0.717) is 30.8 Å². The number of hydrogen-bond donors (Lipinski definition) is 1. The summed E-state index contributed by atoms with van der Waals surface area (Å²) < 4.78 is 16.8. The fraction of sp³-hybridized carbons (Fsp3) is 0.839. The largest absolute Gasteiger partial charge is 0.466 e. The lowest BCUT2D eigenvalue weighted by Gasteiger charge is -2.58. The minimum atomic E-state index is -0.549. The molecule has 0 unspecified atom stereocenters. The number of carbonyl (C=O) groups excluding carboxylic acids is 3. The van der Waals surface area contributed by atoms with Crippen molar-refractivity contribution in [3.8, 4) is 0 Å². The third-order valence-electron chi connectivity index (χ3n) is 10.7. The van der Waals surface area contributed by atoms with Crippen LogP contribution in [0.25, 0.3) is 0 Å².